The molecule has 0 saturated heterocycles. The van der Waals surface area contributed by atoms with E-state index in [9.17, 15) is 9.90 Å². The molecule has 0 radical (unpaired) electrons. The zero-order chi connectivity index (χ0) is 21.8. The van der Waals surface area contributed by atoms with Crippen LogP contribution in [0.3, 0.4) is 0 Å². The van der Waals surface area contributed by atoms with Crippen molar-refractivity contribution in [2.24, 2.45) is 10.1 Å². The number of amidine groups is 1. The van der Waals surface area contributed by atoms with E-state index in [-0.39, 0.29) is 17.4 Å². The molecule has 0 fully saturated rings. The van der Waals surface area contributed by atoms with Gasteiger partial charge in [-0.3, -0.25) is 4.79 Å². The van der Waals surface area contributed by atoms with Gasteiger partial charge in [0.25, 0.3) is 5.91 Å². The second-order valence-corrected chi connectivity index (χ2v) is 7.05. The molecule has 6 nitrogen and oxygen atoms in total. The quantitative estimate of drug-likeness (QED) is 0.469. The predicted octanol–water partition coefficient (Wildman–Crippen LogP) is 4.72. The summed E-state index contributed by atoms with van der Waals surface area (Å²) in [5.41, 5.74) is 2.32. The van der Waals surface area contributed by atoms with E-state index >= 15 is 0 Å². The molecule has 1 amide bonds. The molecule has 3 aromatic rings. The number of hydrazone groups is 1. The zero-order valence-corrected chi connectivity index (χ0v) is 17.3. The summed E-state index contributed by atoms with van der Waals surface area (Å²) in [6.07, 6.45) is 3.16. The first-order valence-corrected chi connectivity index (χ1v) is 9.80. The average Bonchev–Trinajstić information content (AvgIpc) is 3.10. The lowest BCUT2D eigenvalue weighted by Crippen LogP contribution is -2.27. The zero-order valence-electron chi connectivity index (χ0n) is 16.6. The van der Waals surface area contributed by atoms with Crippen LogP contribution in [-0.4, -0.2) is 35.2 Å². The Balaban J connectivity index is 1.73. The van der Waals surface area contributed by atoms with Crippen molar-refractivity contribution < 1.29 is 14.6 Å². The number of methoxy groups -OCH3 is 1. The Kier molecular flexibility index (Phi) is 5.82. The van der Waals surface area contributed by atoms with Crippen LogP contribution in [0.2, 0.25) is 5.02 Å². The number of amides is 1. The molecular weight excluding hydrogens is 414 g/mol. The highest BCUT2D eigenvalue weighted by Gasteiger charge is 2.31. The van der Waals surface area contributed by atoms with Crippen molar-refractivity contribution in [1.82, 2.24) is 5.01 Å². The second kappa shape index (κ2) is 8.85. The molecule has 154 valence electrons. The van der Waals surface area contributed by atoms with Crippen LogP contribution in [0, 0.1) is 0 Å². The van der Waals surface area contributed by atoms with E-state index in [0.717, 1.165) is 5.56 Å². The molecular formula is C24H18ClN3O3. The number of rotatable bonds is 5. The van der Waals surface area contributed by atoms with E-state index < -0.39 is 0 Å². The summed E-state index contributed by atoms with van der Waals surface area (Å²) < 4.78 is 5.13. The van der Waals surface area contributed by atoms with Crippen LogP contribution in [0.15, 0.2) is 88.6 Å². The van der Waals surface area contributed by atoms with Gasteiger partial charge in [-0.1, -0.05) is 60.1 Å². The van der Waals surface area contributed by atoms with Crippen molar-refractivity contribution in [2.75, 3.05) is 7.11 Å². The summed E-state index contributed by atoms with van der Waals surface area (Å²) in [7, 11) is 1.46. The number of benzene rings is 3. The van der Waals surface area contributed by atoms with E-state index in [2.05, 4.69) is 10.1 Å². The minimum atomic E-state index is -0.374. The molecule has 0 unspecified atom stereocenters. The molecule has 3 aromatic carbocycles. The Morgan fingerprint density at radius 2 is 1.81 bits per heavy atom. The fourth-order valence-corrected chi connectivity index (χ4v) is 3.22. The fraction of sp³-hybridized carbons (Fsp3) is 0.0417. The SMILES string of the molecule is COc1cc(C=NN2C(=O)C(=Cc3ccccc3Cl)N=C2c2ccccc2)ccc1O. The van der Waals surface area contributed by atoms with Gasteiger partial charge in [0.05, 0.1) is 13.3 Å². The maximum absolute atomic E-state index is 13.1. The lowest BCUT2D eigenvalue weighted by Gasteiger charge is -2.12. The lowest BCUT2D eigenvalue weighted by molar-refractivity contribution is -0.122. The van der Waals surface area contributed by atoms with Crippen LogP contribution in [0.5, 0.6) is 11.5 Å². The lowest BCUT2D eigenvalue weighted by atomic mass is 10.2. The largest absolute Gasteiger partial charge is 0.504 e. The third-order valence-electron chi connectivity index (χ3n) is 4.59. The molecule has 1 heterocycles. The van der Waals surface area contributed by atoms with E-state index in [1.165, 1.54) is 24.4 Å². The van der Waals surface area contributed by atoms with Gasteiger partial charge in [-0.25, -0.2) is 4.99 Å². The highest BCUT2D eigenvalue weighted by molar-refractivity contribution is 6.32. The van der Waals surface area contributed by atoms with Crippen LogP contribution in [0.25, 0.3) is 6.08 Å². The first-order valence-electron chi connectivity index (χ1n) is 9.42. The van der Waals surface area contributed by atoms with Crippen molar-refractivity contribution in [2.45, 2.75) is 0 Å². The van der Waals surface area contributed by atoms with Gasteiger partial charge in [-0.2, -0.15) is 10.1 Å². The molecule has 0 saturated carbocycles. The highest BCUT2D eigenvalue weighted by Crippen LogP contribution is 2.27. The number of hydrogen-bond donors (Lipinski definition) is 1. The van der Waals surface area contributed by atoms with Crippen LogP contribution >= 0.6 is 11.6 Å². The maximum atomic E-state index is 13.1. The monoisotopic (exact) mass is 431 g/mol. The van der Waals surface area contributed by atoms with Gasteiger partial charge in [0.15, 0.2) is 17.3 Å². The van der Waals surface area contributed by atoms with Gasteiger partial charge in [0, 0.05) is 10.6 Å². The summed E-state index contributed by atoms with van der Waals surface area (Å²) in [5.74, 6) is 0.369. The normalized spacial score (nSPS) is 15.0. The number of aliphatic imine (C=N–C) groups is 1. The van der Waals surface area contributed by atoms with Gasteiger partial charge >= 0.3 is 0 Å². The fourth-order valence-electron chi connectivity index (χ4n) is 3.03. The number of hydrogen-bond acceptors (Lipinski definition) is 5. The Hall–Kier alpha value is -3.90. The predicted molar refractivity (Wildman–Crippen MR) is 122 cm³/mol. The molecule has 31 heavy (non-hydrogen) atoms. The summed E-state index contributed by atoms with van der Waals surface area (Å²) in [4.78, 5) is 17.7. The topological polar surface area (TPSA) is 74.5 Å². The van der Waals surface area contributed by atoms with E-state index in [4.69, 9.17) is 16.3 Å². The first-order chi connectivity index (χ1) is 15.1. The van der Waals surface area contributed by atoms with Crippen molar-refractivity contribution in [3.8, 4) is 11.5 Å². The van der Waals surface area contributed by atoms with Crippen LogP contribution < -0.4 is 4.74 Å². The molecule has 0 spiro atoms. The molecule has 1 aliphatic heterocycles. The number of aromatic hydroxyl groups is 1. The van der Waals surface area contributed by atoms with Crippen LogP contribution in [-0.2, 0) is 4.79 Å². The number of phenolic OH excluding ortho intramolecular Hbond substituents is 1. The molecule has 0 aliphatic carbocycles. The third-order valence-corrected chi connectivity index (χ3v) is 4.94. The molecule has 1 aliphatic rings. The van der Waals surface area contributed by atoms with Crippen LogP contribution in [0.4, 0.5) is 0 Å². The minimum Gasteiger partial charge on any atom is -0.504 e. The summed E-state index contributed by atoms with van der Waals surface area (Å²) in [6.45, 7) is 0. The van der Waals surface area contributed by atoms with Crippen molar-refractivity contribution in [3.05, 3.63) is 100 Å². The number of nitrogens with zero attached hydrogens (tertiary/aromatic N) is 3. The smallest absolute Gasteiger partial charge is 0.298 e. The summed E-state index contributed by atoms with van der Waals surface area (Å²) in [5, 5.41) is 15.9. The van der Waals surface area contributed by atoms with Gasteiger partial charge in [0.2, 0.25) is 0 Å². The van der Waals surface area contributed by atoms with Crippen molar-refractivity contribution >= 4 is 35.6 Å². The number of ether oxygens (including phenoxy) is 1. The molecule has 7 heteroatoms. The number of phenols is 1. The van der Waals surface area contributed by atoms with E-state index in [0.29, 0.717) is 27.7 Å². The standard InChI is InChI=1S/C24H18ClN3O3/c1-31-22-13-16(11-12-21(22)29)15-26-28-23(17-7-3-2-4-8-17)27-20(24(28)30)14-18-9-5-6-10-19(18)25/h2-15,29H,1H3. The minimum absolute atomic E-state index is 0.0217. The molecule has 1 N–H and O–H groups in total. The number of halogens is 1. The molecule has 0 bridgehead atoms. The average molecular weight is 432 g/mol. The van der Waals surface area contributed by atoms with E-state index in [1.54, 1.807) is 24.3 Å². The molecule has 4 rings (SSSR count). The summed E-state index contributed by atoms with van der Waals surface area (Å²) >= 11 is 6.24. The Morgan fingerprint density at radius 3 is 2.55 bits per heavy atom. The maximum Gasteiger partial charge on any atom is 0.298 e. The summed E-state index contributed by atoms with van der Waals surface area (Å²) in [6, 6.07) is 21.4. The Labute approximate surface area is 184 Å². The first kappa shape index (κ1) is 20.4. The Bertz CT molecular complexity index is 1220. The number of carbonyl (C=O) groups excluding carboxylic acids is 1. The van der Waals surface area contributed by atoms with E-state index in [1.807, 2.05) is 48.5 Å². The van der Waals surface area contributed by atoms with Gasteiger partial charge in [-0.15, -0.1) is 0 Å². The second-order valence-electron chi connectivity index (χ2n) is 6.65. The van der Waals surface area contributed by atoms with Gasteiger partial charge in [0.1, 0.15) is 5.70 Å². The third kappa shape index (κ3) is 4.34. The highest BCUT2D eigenvalue weighted by atomic mass is 35.5. The number of carbonyl (C=O) groups is 1. The van der Waals surface area contributed by atoms with Gasteiger partial charge < -0.3 is 9.84 Å². The van der Waals surface area contributed by atoms with Crippen LogP contribution in [0.1, 0.15) is 16.7 Å². The molecule has 0 atom stereocenters. The van der Waals surface area contributed by atoms with Crippen molar-refractivity contribution in [3.63, 3.8) is 0 Å². The van der Waals surface area contributed by atoms with Crippen molar-refractivity contribution in [1.29, 1.82) is 0 Å². The molecule has 0 aromatic heterocycles. The van der Waals surface area contributed by atoms with Gasteiger partial charge in [-0.05, 0) is 41.5 Å². The Morgan fingerprint density at radius 1 is 1.06 bits per heavy atom.